The Morgan fingerprint density at radius 3 is 2.33 bits per heavy atom. The van der Waals surface area contributed by atoms with Crippen LogP contribution in [0.3, 0.4) is 0 Å². The van der Waals surface area contributed by atoms with E-state index in [0.29, 0.717) is 17.3 Å². The quantitative estimate of drug-likeness (QED) is 0.890. The monoisotopic (exact) mass is 305 g/mol. The Hall–Kier alpha value is -2.08. The van der Waals surface area contributed by atoms with Gasteiger partial charge in [0.2, 0.25) is 0 Å². The molecule has 2 aromatic rings. The normalized spacial score (nSPS) is 11.4. The van der Waals surface area contributed by atoms with Gasteiger partial charge in [-0.15, -0.1) is 0 Å². The number of benzene rings is 1. The van der Waals surface area contributed by atoms with Gasteiger partial charge in [0.1, 0.15) is 0 Å². The summed E-state index contributed by atoms with van der Waals surface area (Å²) in [5.41, 5.74) is 2.14. The highest BCUT2D eigenvalue weighted by atomic mass is 32.2. The van der Waals surface area contributed by atoms with Crippen LogP contribution in [0.1, 0.15) is 25.3 Å². The van der Waals surface area contributed by atoms with Gasteiger partial charge in [0.05, 0.1) is 5.69 Å². The van der Waals surface area contributed by atoms with E-state index < -0.39 is 10.0 Å². The SMILES string of the molecule is CNc1cccnc1S(=O)(=O)Nc1ccc(C(C)C)cc1. The van der Waals surface area contributed by atoms with Crippen molar-refractivity contribution >= 4 is 21.4 Å². The molecule has 5 nitrogen and oxygen atoms in total. The minimum absolute atomic E-state index is 0.0135. The number of anilines is 2. The molecule has 2 N–H and O–H groups in total. The minimum Gasteiger partial charge on any atom is -0.386 e. The minimum atomic E-state index is -3.71. The van der Waals surface area contributed by atoms with E-state index in [1.165, 1.54) is 6.20 Å². The molecule has 2 rings (SSSR count). The van der Waals surface area contributed by atoms with Crippen LogP contribution in [-0.2, 0) is 10.0 Å². The maximum atomic E-state index is 12.4. The topological polar surface area (TPSA) is 71.1 Å². The van der Waals surface area contributed by atoms with E-state index in [0.717, 1.165) is 5.56 Å². The molecule has 0 radical (unpaired) electrons. The molecule has 6 heteroatoms. The molecule has 21 heavy (non-hydrogen) atoms. The van der Waals surface area contributed by atoms with Gasteiger partial charge >= 0.3 is 0 Å². The molecule has 0 unspecified atom stereocenters. The van der Waals surface area contributed by atoms with Crippen LogP contribution in [0.25, 0.3) is 0 Å². The second-order valence-corrected chi connectivity index (χ2v) is 6.59. The number of nitrogens with zero attached hydrogens (tertiary/aromatic N) is 1. The lowest BCUT2D eigenvalue weighted by atomic mass is 10.0. The van der Waals surface area contributed by atoms with Crippen LogP contribution in [0.4, 0.5) is 11.4 Å². The van der Waals surface area contributed by atoms with Gasteiger partial charge in [-0.05, 0) is 35.7 Å². The smallest absolute Gasteiger partial charge is 0.281 e. The number of nitrogens with one attached hydrogen (secondary N) is 2. The summed E-state index contributed by atoms with van der Waals surface area (Å²) < 4.78 is 27.3. The maximum Gasteiger partial charge on any atom is 0.281 e. The lowest BCUT2D eigenvalue weighted by molar-refractivity contribution is 0.598. The summed E-state index contributed by atoms with van der Waals surface area (Å²) in [7, 11) is -2.05. The Balaban J connectivity index is 2.29. The van der Waals surface area contributed by atoms with Crippen molar-refractivity contribution in [1.82, 2.24) is 4.98 Å². The number of pyridine rings is 1. The van der Waals surface area contributed by atoms with Crippen molar-refractivity contribution < 1.29 is 8.42 Å². The molecule has 0 aliphatic carbocycles. The van der Waals surface area contributed by atoms with Crippen LogP contribution in [-0.4, -0.2) is 20.4 Å². The second-order valence-electron chi connectivity index (χ2n) is 4.99. The van der Waals surface area contributed by atoms with Gasteiger partial charge in [0, 0.05) is 18.9 Å². The summed E-state index contributed by atoms with van der Waals surface area (Å²) in [4.78, 5) is 3.95. The molecule has 0 spiro atoms. The van der Waals surface area contributed by atoms with Crippen LogP contribution in [0.5, 0.6) is 0 Å². The Morgan fingerprint density at radius 2 is 1.76 bits per heavy atom. The Labute approximate surface area is 125 Å². The Kier molecular flexibility index (Phi) is 4.47. The Bertz CT molecular complexity index is 710. The Morgan fingerprint density at radius 1 is 1.10 bits per heavy atom. The standard InChI is InChI=1S/C15H19N3O2S/c1-11(2)12-6-8-13(9-7-12)18-21(19,20)15-14(16-3)5-4-10-17-15/h4-11,16,18H,1-3H3. The highest BCUT2D eigenvalue weighted by Gasteiger charge is 2.19. The molecular formula is C15H19N3O2S. The number of rotatable bonds is 5. The molecule has 0 saturated heterocycles. The van der Waals surface area contributed by atoms with Crippen LogP contribution in [0, 0.1) is 0 Å². The predicted octanol–water partition coefficient (Wildman–Crippen LogP) is 3.05. The van der Waals surface area contributed by atoms with Crippen LogP contribution in [0.2, 0.25) is 0 Å². The van der Waals surface area contributed by atoms with Gasteiger partial charge in [-0.3, -0.25) is 4.72 Å². The van der Waals surface area contributed by atoms with Crippen LogP contribution in [0.15, 0.2) is 47.6 Å². The first-order valence-electron chi connectivity index (χ1n) is 6.69. The molecule has 0 bridgehead atoms. The van der Waals surface area contributed by atoms with Gasteiger partial charge in [0.15, 0.2) is 5.03 Å². The molecule has 1 aromatic carbocycles. The third kappa shape index (κ3) is 3.52. The lowest BCUT2D eigenvalue weighted by Crippen LogP contribution is -2.16. The summed E-state index contributed by atoms with van der Waals surface area (Å²) in [5.74, 6) is 0.405. The van der Waals surface area contributed by atoms with Gasteiger partial charge in [-0.1, -0.05) is 26.0 Å². The van der Waals surface area contributed by atoms with Crippen molar-refractivity contribution in [3.8, 4) is 0 Å². The van der Waals surface area contributed by atoms with Gasteiger partial charge < -0.3 is 5.32 Å². The fourth-order valence-electron chi connectivity index (χ4n) is 1.93. The molecule has 0 amide bonds. The third-order valence-corrected chi connectivity index (χ3v) is 4.46. The van der Waals surface area contributed by atoms with E-state index in [2.05, 4.69) is 28.9 Å². The van der Waals surface area contributed by atoms with E-state index >= 15 is 0 Å². The first-order chi connectivity index (χ1) is 9.94. The summed E-state index contributed by atoms with van der Waals surface area (Å²) in [6.07, 6.45) is 1.46. The molecule has 0 aliphatic heterocycles. The zero-order chi connectivity index (χ0) is 15.5. The largest absolute Gasteiger partial charge is 0.386 e. The van der Waals surface area contributed by atoms with Crippen molar-refractivity contribution in [2.75, 3.05) is 17.1 Å². The van der Waals surface area contributed by atoms with Gasteiger partial charge in [-0.2, -0.15) is 8.42 Å². The zero-order valence-electron chi connectivity index (χ0n) is 12.3. The average molecular weight is 305 g/mol. The fourth-order valence-corrected chi connectivity index (χ4v) is 3.14. The average Bonchev–Trinajstić information content (AvgIpc) is 2.47. The molecule has 0 fully saturated rings. The van der Waals surface area contributed by atoms with Gasteiger partial charge in [0.25, 0.3) is 10.0 Å². The summed E-state index contributed by atoms with van der Waals surface area (Å²) in [5, 5.41) is 2.82. The molecule has 112 valence electrons. The lowest BCUT2D eigenvalue weighted by Gasteiger charge is -2.12. The second kappa shape index (κ2) is 6.13. The fraction of sp³-hybridized carbons (Fsp3) is 0.267. The van der Waals surface area contributed by atoms with E-state index in [1.807, 2.05) is 12.1 Å². The maximum absolute atomic E-state index is 12.4. The number of hydrogen-bond acceptors (Lipinski definition) is 4. The van der Waals surface area contributed by atoms with E-state index in [1.54, 1.807) is 31.3 Å². The predicted molar refractivity (Wildman–Crippen MR) is 85.1 cm³/mol. The van der Waals surface area contributed by atoms with E-state index in [9.17, 15) is 8.42 Å². The van der Waals surface area contributed by atoms with E-state index in [4.69, 9.17) is 0 Å². The van der Waals surface area contributed by atoms with Crippen molar-refractivity contribution in [2.24, 2.45) is 0 Å². The molecule has 0 aliphatic rings. The van der Waals surface area contributed by atoms with Crippen molar-refractivity contribution in [2.45, 2.75) is 24.8 Å². The number of aromatic nitrogens is 1. The highest BCUT2D eigenvalue weighted by Crippen LogP contribution is 2.22. The zero-order valence-corrected chi connectivity index (χ0v) is 13.1. The molecule has 0 saturated carbocycles. The first-order valence-corrected chi connectivity index (χ1v) is 8.18. The molecule has 0 atom stereocenters. The van der Waals surface area contributed by atoms with Crippen LogP contribution < -0.4 is 10.0 Å². The van der Waals surface area contributed by atoms with Crippen molar-refractivity contribution in [3.63, 3.8) is 0 Å². The number of hydrogen-bond donors (Lipinski definition) is 2. The summed E-state index contributed by atoms with van der Waals surface area (Å²) in [6.45, 7) is 4.18. The molecular weight excluding hydrogens is 286 g/mol. The van der Waals surface area contributed by atoms with Crippen molar-refractivity contribution in [1.29, 1.82) is 0 Å². The van der Waals surface area contributed by atoms with Crippen molar-refractivity contribution in [3.05, 3.63) is 48.2 Å². The van der Waals surface area contributed by atoms with E-state index in [-0.39, 0.29) is 5.03 Å². The first kappa shape index (κ1) is 15.3. The molecule has 1 aromatic heterocycles. The highest BCUT2D eigenvalue weighted by molar-refractivity contribution is 7.92. The number of sulfonamides is 1. The molecule has 1 heterocycles. The van der Waals surface area contributed by atoms with Gasteiger partial charge in [-0.25, -0.2) is 4.98 Å². The summed E-state index contributed by atoms with van der Waals surface area (Å²) >= 11 is 0. The van der Waals surface area contributed by atoms with Crippen LogP contribution >= 0.6 is 0 Å². The summed E-state index contributed by atoms with van der Waals surface area (Å²) in [6, 6.07) is 10.7. The third-order valence-electron chi connectivity index (χ3n) is 3.12.